The fourth-order valence-corrected chi connectivity index (χ4v) is 3.24. The van der Waals surface area contributed by atoms with Gasteiger partial charge in [0.1, 0.15) is 17.5 Å². The Morgan fingerprint density at radius 2 is 1.63 bits per heavy atom. The van der Waals surface area contributed by atoms with Crippen LogP contribution in [0, 0.1) is 11.3 Å². The lowest BCUT2D eigenvalue weighted by Gasteiger charge is -2.12. The maximum absolute atomic E-state index is 9.59. The second-order valence-electron chi connectivity index (χ2n) is 7.15. The number of pyridine rings is 1. The summed E-state index contributed by atoms with van der Waals surface area (Å²) in [4.78, 5) is 4.48. The highest BCUT2D eigenvalue weighted by molar-refractivity contribution is 5.80. The Hall–Kier alpha value is -3.12. The van der Waals surface area contributed by atoms with Crippen molar-refractivity contribution in [3.05, 3.63) is 71.3 Å². The molecule has 0 spiro atoms. The molecule has 0 aliphatic heterocycles. The minimum Gasteiger partial charge on any atom is -0.383 e. The van der Waals surface area contributed by atoms with Crippen LogP contribution in [0.25, 0.3) is 22.4 Å². The molecule has 2 aromatic carbocycles. The van der Waals surface area contributed by atoms with Crippen LogP contribution in [-0.4, -0.2) is 4.98 Å². The molecule has 3 nitrogen and oxygen atoms in total. The second kappa shape index (κ2) is 8.05. The van der Waals surface area contributed by atoms with Crippen molar-refractivity contribution in [2.75, 3.05) is 5.73 Å². The fourth-order valence-electron chi connectivity index (χ4n) is 3.24. The zero-order valence-electron chi connectivity index (χ0n) is 16.2. The SMILES string of the molecule is CCCc1ccc(-c2cc(-c3ccc(C(C)C)cc3)c(C#N)c(N)n2)cc1. The Morgan fingerprint density at radius 1 is 1.00 bits per heavy atom. The zero-order valence-corrected chi connectivity index (χ0v) is 16.2. The molecule has 0 amide bonds. The summed E-state index contributed by atoms with van der Waals surface area (Å²) < 4.78 is 0. The van der Waals surface area contributed by atoms with E-state index in [1.54, 1.807) is 0 Å². The number of nitrogens with two attached hydrogens (primary N) is 1. The Balaban J connectivity index is 2.07. The Labute approximate surface area is 161 Å². The summed E-state index contributed by atoms with van der Waals surface area (Å²) in [6.07, 6.45) is 2.19. The first-order chi connectivity index (χ1) is 13.0. The smallest absolute Gasteiger partial charge is 0.142 e. The van der Waals surface area contributed by atoms with E-state index in [2.05, 4.69) is 80.4 Å². The maximum Gasteiger partial charge on any atom is 0.142 e. The standard InChI is InChI=1S/C24H25N3/c1-4-5-17-6-8-20(9-7-17)23-14-21(22(15-25)24(26)27-23)19-12-10-18(11-13-19)16(2)3/h6-14,16H,4-5H2,1-3H3,(H2,26,27). The molecule has 0 aliphatic carbocycles. The van der Waals surface area contributed by atoms with E-state index in [0.717, 1.165) is 35.2 Å². The van der Waals surface area contributed by atoms with Crippen LogP contribution < -0.4 is 5.73 Å². The van der Waals surface area contributed by atoms with Gasteiger partial charge in [-0.3, -0.25) is 0 Å². The van der Waals surface area contributed by atoms with E-state index in [4.69, 9.17) is 5.73 Å². The van der Waals surface area contributed by atoms with Gasteiger partial charge in [0.05, 0.1) is 5.69 Å². The molecule has 3 rings (SSSR count). The Kier molecular flexibility index (Phi) is 5.57. The number of aryl methyl sites for hydroxylation is 1. The number of rotatable bonds is 5. The highest BCUT2D eigenvalue weighted by Crippen LogP contribution is 2.32. The van der Waals surface area contributed by atoms with Gasteiger partial charge in [0, 0.05) is 11.1 Å². The van der Waals surface area contributed by atoms with Gasteiger partial charge in [-0.2, -0.15) is 5.26 Å². The lowest BCUT2D eigenvalue weighted by Crippen LogP contribution is -2.00. The van der Waals surface area contributed by atoms with E-state index < -0.39 is 0 Å². The molecule has 0 saturated heterocycles. The van der Waals surface area contributed by atoms with Crippen LogP contribution in [0.2, 0.25) is 0 Å². The van der Waals surface area contributed by atoms with Gasteiger partial charge in [-0.05, 0) is 35.1 Å². The summed E-state index contributed by atoms with van der Waals surface area (Å²) in [7, 11) is 0. The van der Waals surface area contributed by atoms with Crippen LogP contribution in [0.5, 0.6) is 0 Å². The van der Waals surface area contributed by atoms with Gasteiger partial charge in [-0.15, -0.1) is 0 Å². The molecule has 0 fully saturated rings. The summed E-state index contributed by atoms with van der Waals surface area (Å²) in [6, 6.07) is 20.9. The fraction of sp³-hybridized carbons (Fsp3) is 0.250. The summed E-state index contributed by atoms with van der Waals surface area (Å²) >= 11 is 0. The lowest BCUT2D eigenvalue weighted by atomic mass is 9.95. The maximum atomic E-state index is 9.59. The lowest BCUT2D eigenvalue weighted by molar-refractivity contribution is 0.867. The average molecular weight is 355 g/mol. The van der Waals surface area contributed by atoms with Crippen LogP contribution in [0.3, 0.4) is 0 Å². The largest absolute Gasteiger partial charge is 0.383 e. The molecule has 1 aromatic heterocycles. The molecule has 3 heteroatoms. The third kappa shape index (κ3) is 4.01. The predicted octanol–water partition coefficient (Wildman–Crippen LogP) is 5.95. The third-order valence-electron chi connectivity index (χ3n) is 4.84. The Morgan fingerprint density at radius 3 is 2.19 bits per heavy atom. The summed E-state index contributed by atoms with van der Waals surface area (Å²) in [5, 5.41) is 9.59. The predicted molar refractivity (Wildman–Crippen MR) is 112 cm³/mol. The van der Waals surface area contributed by atoms with Gasteiger partial charge >= 0.3 is 0 Å². The normalized spacial score (nSPS) is 10.8. The van der Waals surface area contributed by atoms with Crippen LogP contribution in [0.4, 0.5) is 5.82 Å². The number of hydrogen-bond donors (Lipinski definition) is 1. The third-order valence-corrected chi connectivity index (χ3v) is 4.84. The molecule has 0 unspecified atom stereocenters. The van der Waals surface area contributed by atoms with Crippen molar-refractivity contribution in [1.82, 2.24) is 4.98 Å². The quantitative estimate of drug-likeness (QED) is 0.615. The van der Waals surface area contributed by atoms with E-state index >= 15 is 0 Å². The molecule has 136 valence electrons. The monoisotopic (exact) mass is 355 g/mol. The molecule has 1 heterocycles. The van der Waals surface area contributed by atoms with E-state index in [0.29, 0.717) is 11.5 Å². The molecule has 3 aromatic rings. The number of nitriles is 1. The number of benzene rings is 2. The Bertz CT molecular complexity index is 962. The van der Waals surface area contributed by atoms with Gasteiger partial charge in [-0.1, -0.05) is 75.7 Å². The van der Waals surface area contributed by atoms with Crippen molar-refractivity contribution in [1.29, 1.82) is 5.26 Å². The first kappa shape index (κ1) is 18.7. The van der Waals surface area contributed by atoms with Crippen molar-refractivity contribution in [2.45, 2.75) is 39.5 Å². The highest BCUT2D eigenvalue weighted by atomic mass is 14.8. The molecule has 0 bridgehead atoms. The second-order valence-corrected chi connectivity index (χ2v) is 7.15. The molecule has 0 radical (unpaired) electrons. The van der Waals surface area contributed by atoms with Gasteiger partial charge < -0.3 is 5.73 Å². The number of anilines is 1. The number of hydrogen-bond acceptors (Lipinski definition) is 3. The van der Waals surface area contributed by atoms with E-state index in [1.807, 2.05) is 6.07 Å². The van der Waals surface area contributed by atoms with Crippen LogP contribution in [-0.2, 0) is 6.42 Å². The highest BCUT2D eigenvalue weighted by Gasteiger charge is 2.14. The minimum absolute atomic E-state index is 0.274. The van der Waals surface area contributed by atoms with Crippen molar-refractivity contribution in [2.24, 2.45) is 0 Å². The van der Waals surface area contributed by atoms with E-state index in [-0.39, 0.29) is 5.82 Å². The molecule has 0 aliphatic rings. The van der Waals surface area contributed by atoms with E-state index in [9.17, 15) is 5.26 Å². The van der Waals surface area contributed by atoms with Gasteiger partial charge in [0.2, 0.25) is 0 Å². The van der Waals surface area contributed by atoms with Crippen LogP contribution in [0.1, 0.15) is 49.8 Å². The summed E-state index contributed by atoms with van der Waals surface area (Å²) in [6.45, 7) is 6.51. The minimum atomic E-state index is 0.274. The molecule has 27 heavy (non-hydrogen) atoms. The number of aromatic nitrogens is 1. The van der Waals surface area contributed by atoms with Gasteiger partial charge in [0.25, 0.3) is 0 Å². The van der Waals surface area contributed by atoms with Gasteiger partial charge in [-0.25, -0.2) is 4.98 Å². The van der Waals surface area contributed by atoms with Crippen molar-refractivity contribution < 1.29 is 0 Å². The van der Waals surface area contributed by atoms with Crippen molar-refractivity contribution in [3.63, 3.8) is 0 Å². The summed E-state index contributed by atoms with van der Waals surface area (Å²) in [5.74, 6) is 0.741. The first-order valence-corrected chi connectivity index (χ1v) is 9.43. The molecule has 2 N–H and O–H groups in total. The topological polar surface area (TPSA) is 62.7 Å². The van der Waals surface area contributed by atoms with E-state index in [1.165, 1.54) is 11.1 Å². The van der Waals surface area contributed by atoms with Gasteiger partial charge in [0.15, 0.2) is 0 Å². The molecular formula is C24H25N3. The zero-order chi connectivity index (χ0) is 19.4. The van der Waals surface area contributed by atoms with Crippen LogP contribution >= 0.6 is 0 Å². The number of nitrogens with zero attached hydrogens (tertiary/aromatic N) is 2. The molecule has 0 saturated carbocycles. The summed E-state index contributed by atoms with van der Waals surface area (Å²) in [5.41, 5.74) is 12.7. The first-order valence-electron chi connectivity index (χ1n) is 9.43. The molecular weight excluding hydrogens is 330 g/mol. The number of nitrogen functional groups attached to an aromatic ring is 1. The van der Waals surface area contributed by atoms with Crippen LogP contribution in [0.15, 0.2) is 54.6 Å². The average Bonchev–Trinajstić information content (AvgIpc) is 2.68. The van der Waals surface area contributed by atoms with Crippen molar-refractivity contribution >= 4 is 5.82 Å². The molecule has 0 atom stereocenters. The van der Waals surface area contributed by atoms with Crippen molar-refractivity contribution in [3.8, 4) is 28.5 Å².